The normalized spacial score (nSPS) is 19.4. The fourth-order valence-electron chi connectivity index (χ4n) is 3.23. The van der Waals surface area contributed by atoms with Crippen molar-refractivity contribution in [2.24, 2.45) is 0 Å². The van der Waals surface area contributed by atoms with Gasteiger partial charge >= 0.3 is 0 Å². The monoisotopic (exact) mass is 411 g/mol. The summed E-state index contributed by atoms with van der Waals surface area (Å²) in [6.07, 6.45) is -1.51. The van der Waals surface area contributed by atoms with Gasteiger partial charge in [0.05, 0.1) is 5.69 Å². The average molecular weight is 411 g/mol. The molecule has 0 bridgehead atoms. The quantitative estimate of drug-likeness (QED) is 0.732. The van der Waals surface area contributed by atoms with Crippen LogP contribution in [0.25, 0.3) is 0 Å². The molecule has 2 heterocycles. The lowest BCUT2D eigenvalue weighted by Crippen LogP contribution is -2.51. The van der Waals surface area contributed by atoms with E-state index in [1.165, 1.54) is 4.90 Å². The van der Waals surface area contributed by atoms with Crippen molar-refractivity contribution in [1.29, 1.82) is 0 Å². The van der Waals surface area contributed by atoms with Crippen LogP contribution in [0, 0.1) is 0 Å². The number of anilines is 1. The molecule has 3 amide bonds. The van der Waals surface area contributed by atoms with Crippen molar-refractivity contribution in [3.8, 4) is 17.2 Å². The first-order valence-electron chi connectivity index (χ1n) is 9.57. The van der Waals surface area contributed by atoms with Gasteiger partial charge in [-0.25, -0.2) is 0 Å². The molecule has 2 aliphatic rings. The second kappa shape index (κ2) is 8.32. The Morgan fingerprint density at radius 2 is 1.70 bits per heavy atom. The van der Waals surface area contributed by atoms with Gasteiger partial charge in [-0.2, -0.15) is 0 Å². The highest BCUT2D eigenvalue weighted by molar-refractivity contribution is 6.00. The minimum Gasteiger partial charge on any atom is -0.485 e. The van der Waals surface area contributed by atoms with Crippen molar-refractivity contribution in [3.63, 3.8) is 0 Å². The molecule has 0 spiro atoms. The van der Waals surface area contributed by atoms with E-state index in [1.54, 1.807) is 49.4 Å². The Kier molecular flexibility index (Phi) is 5.42. The number of para-hydroxylation sites is 4. The maximum absolute atomic E-state index is 12.4. The Labute approximate surface area is 172 Å². The molecule has 0 saturated carbocycles. The van der Waals surface area contributed by atoms with Gasteiger partial charge in [-0.05, 0) is 31.2 Å². The number of nitrogens with one attached hydrogen (secondary N) is 2. The van der Waals surface area contributed by atoms with Crippen LogP contribution < -0.4 is 30.0 Å². The van der Waals surface area contributed by atoms with Gasteiger partial charge in [0.15, 0.2) is 17.6 Å². The van der Waals surface area contributed by atoms with Crippen molar-refractivity contribution >= 4 is 23.4 Å². The van der Waals surface area contributed by atoms with Gasteiger partial charge in [-0.1, -0.05) is 24.3 Å². The van der Waals surface area contributed by atoms with E-state index >= 15 is 0 Å². The number of carbonyl (C=O) groups is 3. The molecule has 156 valence electrons. The van der Waals surface area contributed by atoms with E-state index < -0.39 is 24.0 Å². The molecule has 2 aromatic carbocycles. The van der Waals surface area contributed by atoms with Crippen LogP contribution in [-0.2, 0) is 14.4 Å². The van der Waals surface area contributed by atoms with Crippen LogP contribution in [-0.4, -0.2) is 43.1 Å². The molecule has 30 heavy (non-hydrogen) atoms. The highest BCUT2D eigenvalue weighted by Gasteiger charge is 2.31. The first kappa shape index (κ1) is 19.6. The number of fused-ring (bicyclic) bond motifs is 2. The smallest absolute Gasteiger partial charge is 0.283 e. The number of nitrogens with zero attached hydrogens (tertiary/aromatic N) is 1. The van der Waals surface area contributed by atoms with Crippen LogP contribution in [0.4, 0.5) is 5.69 Å². The van der Waals surface area contributed by atoms with Crippen molar-refractivity contribution in [2.75, 3.05) is 18.1 Å². The standard InChI is InChI=1S/C21H21N3O6/c1-13-21(27)24(14-6-2-3-7-15(14)29-13)11-10-19(25)22-23-20(26)18-12-28-16-8-4-5-9-17(16)30-18/h2-9,13,18H,10-12H2,1H3,(H,22,25)(H,23,26). The fourth-order valence-corrected chi connectivity index (χ4v) is 3.23. The zero-order chi connectivity index (χ0) is 21.1. The third kappa shape index (κ3) is 4.00. The zero-order valence-electron chi connectivity index (χ0n) is 16.3. The molecule has 2 atom stereocenters. The van der Waals surface area contributed by atoms with Crippen molar-refractivity contribution in [3.05, 3.63) is 48.5 Å². The third-order valence-corrected chi connectivity index (χ3v) is 4.76. The molecule has 0 saturated heterocycles. The van der Waals surface area contributed by atoms with E-state index in [1.807, 2.05) is 6.07 Å². The van der Waals surface area contributed by atoms with Crippen LogP contribution in [0.2, 0.25) is 0 Å². The van der Waals surface area contributed by atoms with Crippen molar-refractivity contribution in [1.82, 2.24) is 10.9 Å². The predicted octanol–water partition coefficient (Wildman–Crippen LogP) is 1.18. The minimum atomic E-state index is -0.881. The summed E-state index contributed by atoms with van der Waals surface area (Å²) in [6.45, 7) is 1.85. The summed E-state index contributed by atoms with van der Waals surface area (Å²) in [4.78, 5) is 38.4. The lowest BCUT2D eigenvalue weighted by Gasteiger charge is -2.32. The summed E-state index contributed by atoms with van der Waals surface area (Å²) in [7, 11) is 0. The Morgan fingerprint density at radius 3 is 2.50 bits per heavy atom. The number of amides is 3. The second-order valence-electron chi connectivity index (χ2n) is 6.87. The lowest BCUT2D eigenvalue weighted by atomic mass is 10.1. The Balaban J connectivity index is 1.28. The van der Waals surface area contributed by atoms with Crippen LogP contribution in [0.1, 0.15) is 13.3 Å². The van der Waals surface area contributed by atoms with Gasteiger partial charge in [0.1, 0.15) is 12.4 Å². The Bertz CT molecular complexity index is 979. The number of hydrogen-bond donors (Lipinski definition) is 2. The van der Waals surface area contributed by atoms with Gasteiger partial charge in [0.25, 0.3) is 11.8 Å². The Morgan fingerprint density at radius 1 is 1.00 bits per heavy atom. The zero-order valence-corrected chi connectivity index (χ0v) is 16.3. The number of benzene rings is 2. The topological polar surface area (TPSA) is 106 Å². The molecule has 2 aliphatic heterocycles. The molecule has 0 radical (unpaired) electrons. The first-order valence-corrected chi connectivity index (χ1v) is 9.57. The molecule has 4 rings (SSSR count). The summed E-state index contributed by atoms with van der Waals surface area (Å²) >= 11 is 0. The van der Waals surface area contributed by atoms with Crippen LogP contribution in [0.3, 0.4) is 0 Å². The van der Waals surface area contributed by atoms with E-state index in [4.69, 9.17) is 14.2 Å². The second-order valence-corrected chi connectivity index (χ2v) is 6.87. The summed E-state index contributed by atoms with van der Waals surface area (Å²) in [6, 6.07) is 14.2. The number of ether oxygens (including phenoxy) is 3. The highest BCUT2D eigenvalue weighted by Crippen LogP contribution is 2.33. The number of carbonyl (C=O) groups excluding carboxylic acids is 3. The summed E-state index contributed by atoms with van der Waals surface area (Å²) < 4.78 is 16.7. The summed E-state index contributed by atoms with van der Waals surface area (Å²) in [5.74, 6) is 0.429. The fraction of sp³-hybridized carbons (Fsp3) is 0.286. The maximum Gasteiger partial charge on any atom is 0.283 e. The summed E-state index contributed by atoms with van der Waals surface area (Å²) in [5, 5.41) is 0. The van der Waals surface area contributed by atoms with E-state index in [2.05, 4.69) is 10.9 Å². The SMILES string of the molecule is CC1Oc2ccccc2N(CCC(=O)NNC(=O)C2COc3ccccc3O2)C1=O. The van der Waals surface area contributed by atoms with E-state index in [0.717, 1.165) is 0 Å². The molecule has 0 aromatic heterocycles. The largest absolute Gasteiger partial charge is 0.485 e. The molecule has 2 aromatic rings. The van der Waals surface area contributed by atoms with Crippen LogP contribution >= 0.6 is 0 Å². The van der Waals surface area contributed by atoms with Crippen LogP contribution in [0.15, 0.2) is 48.5 Å². The number of hydrazine groups is 1. The van der Waals surface area contributed by atoms with Gasteiger partial charge in [0, 0.05) is 13.0 Å². The predicted molar refractivity (Wildman–Crippen MR) is 106 cm³/mol. The molecular weight excluding hydrogens is 390 g/mol. The molecule has 9 heteroatoms. The average Bonchev–Trinajstić information content (AvgIpc) is 2.77. The molecule has 2 unspecified atom stereocenters. The van der Waals surface area contributed by atoms with Crippen molar-refractivity contribution in [2.45, 2.75) is 25.6 Å². The van der Waals surface area contributed by atoms with Gasteiger partial charge in [-0.3, -0.25) is 25.2 Å². The molecule has 2 N–H and O–H groups in total. The summed E-state index contributed by atoms with van der Waals surface area (Å²) in [5.41, 5.74) is 5.30. The number of rotatable bonds is 4. The van der Waals surface area contributed by atoms with Crippen LogP contribution in [0.5, 0.6) is 17.2 Å². The van der Waals surface area contributed by atoms with Gasteiger partial charge < -0.3 is 19.1 Å². The van der Waals surface area contributed by atoms with Gasteiger partial charge in [0.2, 0.25) is 12.0 Å². The molecule has 0 fully saturated rings. The lowest BCUT2D eigenvalue weighted by molar-refractivity contribution is -0.135. The molecular formula is C21H21N3O6. The van der Waals surface area contributed by atoms with E-state index in [0.29, 0.717) is 22.9 Å². The van der Waals surface area contributed by atoms with Gasteiger partial charge in [-0.15, -0.1) is 0 Å². The maximum atomic E-state index is 12.4. The van der Waals surface area contributed by atoms with E-state index in [9.17, 15) is 14.4 Å². The highest BCUT2D eigenvalue weighted by atomic mass is 16.6. The first-order chi connectivity index (χ1) is 14.5. The number of hydrogen-bond acceptors (Lipinski definition) is 6. The van der Waals surface area contributed by atoms with E-state index in [-0.39, 0.29) is 25.5 Å². The third-order valence-electron chi connectivity index (χ3n) is 4.76. The minimum absolute atomic E-state index is 0.00205. The molecule has 9 nitrogen and oxygen atoms in total. The van der Waals surface area contributed by atoms with Crippen molar-refractivity contribution < 1.29 is 28.6 Å². The molecule has 0 aliphatic carbocycles. The Hall–Kier alpha value is -3.75.